The van der Waals surface area contributed by atoms with Crippen molar-refractivity contribution in [2.75, 3.05) is 6.61 Å². The summed E-state index contributed by atoms with van der Waals surface area (Å²) in [6.45, 7) is 5.62. The van der Waals surface area contributed by atoms with Crippen molar-refractivity contribution in [2.24, 2.45) is 33.7 Å². The Balaban J connectivity index is 1.28. The second kappa shape index (κ2) is 8.36. The fraction of sp³-hybridized carbons (Fsp3) is 0.741. The fourth-order valence-electron chi connectivity index (χ4n) is 8.33. The van der Waals surface area contributed by atoms with Gasteiger partial charge in [-0.05, 0) is 87.5 Å². The summed E-state index contributed by atoms with van der Waals surface area (Å²) in [5, 5.41) is 15.5. The van der Waals surface area contributed by atoms with Crippen molar-refractivity contribution in [3.05, 3.63) is 11.6 Å². The van der Waals surface area contributed by atoms with Crippen LogP contribution in [-0.2, 0) is 24.0 Å². The molecule has 6 unspecified atom stereocenters. The van der Waals surface area contributed by atoms with Crippen LogP contribution in [0.2, 0.25) is 0 Å². The largest absolute Gasteiger partial charge is 0.385 e. The second-order valence-corrected chi connectivity index (χ2v) is 11.8. The zero-order valence-electron chi connectivity index (χ0n) is 21.0. The minimum atomic E-state index is -1.19. The van der Waals surface area contributed by atoms with Crippen LogP contribution in [-0.4, -0.2) is 51.4 Å². The van der Waals surface area contributed by atoms with E-state index in [-0.39, 0.29) is 29.5 Å². The Morgan fingerprint density at radius 3 is 2.40 bits per heavy atom. The van der Waals surface area contributed by atoms with Crippen LogP contribution in [0, 0.1) is 28.6 Å². The number of Topliss-reactive ketones (excluding diaryl/α,β-unsaturated/α-hetero) is 1. The molecule has 1 aliphatic heterocycles. The van der Waals surface area contributed by atoms with Gasteiger partial charge in [0.25, 0.3) is 5.91 Å². The van der Waals surface area contributed by atoms with Crippen molar-refractivity contribution in [1.29, 1.82) is 0 Å². The van der Waals surface area contributed by atoms with Gasteiger partial charge in [0.1, 0.15) is 5.60 Å². The smallest absolute Gasteiger partial charge is 0.276 e. The second-order valence-electron chi connectivity index (χ2n) is 11.8. The predicted molar refractivity (Wildman–Crippen MR) is 127 cm³/mol. The predicted octanol–water partition coefficient (Wildman–Crippen LogP) is 3.32. The van der Waals surface area contributed by atoms with Gasteiger partial charge >= 0.3 is 0 Å². The first-order valence-electron chi connectivity index (χ1n) is 13.0. The Hall–Kier alpha value is -2.35. The van der Waals surface area contributed by atoms with Gasteiger partial charge in [-0.3, -0.25) is 19.2 Å². The summed E-state index contributed by atoms with van der Waals surface area (Å²) >= 11 is 0. The van der Waals surface area contributed by atoms with E-state index < -0.39 is 29.9 Å². The molecule has 0 radical (unpaired) electrons. The van der Waals surface area contributed by atoms with Gasteiger partial charge in [0, 0.05) is 18.3 Å². The standard InChI is InChI=1S/C27H36N2O6/c1-16(30)27(34)13-10-21-19-5-4-17-14-18(8-11-25(17,2)20(19)9-12-26(21,27)3)28-35-15-24(33)29-22(31)6-7-23(29)32/h14,19-21,34H,4-13,15H2,1-3H3. The molecule has 5 rings (SSSR count). The highest BCUT2D eigenvalue weighted by molar-refractivity contribution is 6.15. The molecule has 8 nitrogen and oxygen atoms in total. The molecule has 1 saturated heterocycles. The Labute approximate surface area is 206 Å². The minimum Gasteiger partial charge on any atom is -0.385 e. The summed E-state index contributed by atoms with van der Waals surface area (Å²) in [7, 11) is 0. The van der Waals surface area contributed by atoms with Crippen LogP contribution in [0.25, 0.3) is 0 Å². The first kappa shape index (κ1) is 24.3. The van der Waals surface area contributed by atoms with Crippen molar-refractivity contribution in [2.45, 2.75) is 90.6 Å². The van der Waals surface area contributed by atoms with E-state index >= 15 is 0 Å². The molecule has 0 aromatic rings. The molecule has 3 amide bonds. The van der Waals surface area contributed by atoms with E-state index in [0.717, 1.165) is 50.7 Å². The number of hydrogen-bond donors (Lipinski definition) is 1. The number of fused-ring (bicyclic) bond motifs is 5. The lowest BCUT2D eigenvalue weighted by Crippen LogP contribution is -2.57. The molecule has 5 aliphatic rings. The fourth-order valence-corrected chi connectivity index (χ4v) is 8.33. The third-order valence-electron chi connectivity index (χ3n) is 10.4. The van der Waals surface area contributed by atoms with E-state index in [0.29, 0.717) is 29.1 Å². The van der Waals surface area contributed by atoms with E-state index in [9.17, 15) is 24.3 Å². The molecule has 1 heterocycles. The van der Waals surface area contributed by atoms with Crippen molar-refractivity contribution >= 4 is 29.2 Å². The highest BCUT2D eigenvalue weighted by atomic mass is 16.6. The van der Waals surface area contributed by atoms with Crippen molar-refractivity contribution in [3.63, 3.8) is 0 Å². The highest BCUT2D eigenvalue weighted by Gasteiger charge is 2.65. The van der Waals surface area contributed by atoms with E-state index in [1.165, 1.54) is 5.57 Å². The maximum atomic E-state index is 12.4. The number of aliphatic hydroxyl groups is 1. The van der Waals surface area contributed by atoms with E-state index in [2.05, 4.69) is 25.1 Å². The number of hydrogen-bond acceptors (Lipinski definition) is 7. The van der Waals surface area contributed by atoms with E-state index in [4.69, 9.17) is 4.84 Å². The summed E-state index contributed by atoms with van der Waals surface area (Å²) in [6.07, 6.45) is 9.31. The average molecular weight is 485 g/mol. The molecule has 190 valence electrons. The lowest BCUT2D eigenvalue weighted by molar-refractivity contribution is -0.159. The van der Waals surface area contributed by atoms with Crippen LogP contribution in [0.4, 0.5) is 0 Å². The monoisotopic (exact) mass is 484 g/mol. The number of nitrogens with zero attached hydrogens (tertiary/aromatic N) is 2. The van der Waals surface area contributed by atoms with Gasteiger partial charge in [0.05, 0.1) is 5.71 Å². The number of amides is 3. The zero-order chi connectivity index (χ0) is 25.2. The topological polar surface area (TPSA) is 113 Å². The van der Waals surface area contributed by atoms with Gasteiger partial charge in [0.15, 0.2) is 12.4 Å². The highest BCUT2D eigenvalue weighted by Crippen LogP contribution is 2.67. The summed E-state index contributed by atoms with van der Waals surface area (Å²) in [4.78, 5) is 54.0. The number of rotatable bonds is 4. The zero-order valence-corrected chi connectivity index (χ0v) is 21.0. The number of ketones is 1. The summed E-state index contributed by atoms with van der Waals surface area (Å²) in [6, 6.07) is 0. The lowest BCUT2D eigenvalue weighted by Gasteiger charge is -2.59. The SMILES string of the molecule is CC(=O)C1(O)CCC2C3CCC4=CC(=NOCC(=O)N5C(=O)CCC5=O)CCC4(C)C3CCC21C. The molecule has 0 aromatic heterocycles. The van der Waals surface area contributed by atoms with Gasteiger partial charge in [0.2, 0.25) is 11.8 Å². The first-order chi connectivity index (χ1) is 16.5. The molecule has 4 fully saturated rings. The third-order valence-corrected chi connectivity index (χ3v) is 10.4. The Bertz CT molecular complexity index is 1030. The Morgan fingerprint density at radius 1 is 1.03 bits per heavy atom. The van der Waals surface area contributed by atoms with Gasteiger partial charge in [-0.1, -0.05) is 24.6 Å². The number of carbonyl (C=O) groups is 4. The summed E-state index contributed by atoms with van der Waals surface area (Å²) in [5.41, 5.74) is 0.689. The molecule has 0 bridgehead atoms. The van der Waals surface area contributed by atoms with Gasteiger partial charge in [-0.15, -0.1) is 0 Å². The van der Waals surface area contributed by atoms with Crippen LogP contribution in [0.1, 0.15) is 85.0 Å². The lowest BCUT2D eigenvalue weighted by atomic mass is 9.46. The van der Waals surface area contributed by atoms with Crippen LogP contribution in [0.3, 0.4) is 0 Å². The molecule has 4 aliphatic carbocycles. The number of likely N-dealkylation sites (tertiary alicyclic amines) is 1. The average Bonchev–Trinajstić information content (AvgIpc) is 3.29. The summed E-state index contributed by atoms with van der Waals surface area (Å²) < 4.78 is 0. The van der Waals surface area contributed by atoms with Crippen molar-refractivity contribution in [1.82, 2.24) is 4.90 Å². The normalized spacial score (nSPS) is 41.8. The van der Waals surface area contributed by atoms with Gasteiger partial charge in [-0.2, -0.15) is 0 Å². The molecule has 35 heavy (non-hydrogen) atoms. The third kappa shape index (κ3) is 3.54. The maximum absolute atomic E-state index is 12.4. The number of allylic oxidation sites excluding steroid dienone is 2. The number of carbonyl (C=O) groups excluding carboxylic acids is 4. The van der Waals surface area contributed by atoms with Gasteiger partial charge < -0.3 is 9.94 Å². The van der Waals surface area contributed by atoms with E-state index in [1.807, 2.05) is 0 Å². The van der Waals surface area contributed by atoms with Crippen LogP contribution >= 0.6 is 0 Å². The number of oxime groups is 1. The quantitative estimate of drug-likeness (QED) is 0.484. The molecule has 3 saturated carbocycles. The molecular formula is C27H36N2O6. The van der Waals surface area contributed by atoms with Crippen LogP contribution < -0.4 is 0 Å². The number of imide groups is 3. The van der Waals surface area contributed by atoms with Crippen LogP contribution in [0.15, 0.2) is 16.8 Å². The molecule has 0 spiro atoms. The Morgan fingerprint density at radius 2 is 1.71 bits per heavy atom. The maximum Gasteiger partial charge on any atom is 0.276 e. The minimum absolute atomic E-state index is 0.0599. The molecule has 1 N–H and O–H groups in total. The van der Waals surface area contributed by atoms with E-state index in [1.54, 1.807) is 6.92 Å². The molecule has 0 aromatic carbocycles. The Kier molecular flexibility index (Phi) is 5.81. The van der Waals surface area contributed by atoms with Crippen molar-refractivity contribution < 1.29 is 29.1 Å². The summed E-state index contributed by atoms with van der Waals surface area (Å²) in [5.74, 6) is -0.304. The van der Waals surface area contributed by atoms with Crippen molar-refractivity contribution in [3.8, 4) is 0 Å². The van der Waals surface area contributed by atoms with Crippen LogP contribution in [0.5, 0.6) is 0 Å². The first-order valence-corrected chi connectivity index (χ1v) is 13.0. The molecule has 8 heteroatoms. The molecule has 6 atom stereocenters. The molecular weight excluding hydrogens is 448 g/mol. The van der Waals surface area contributed by atoms with Gasteiger partial charge in [-0.25, -0.2) is 4.90 Å².